The molecule has 0 heterocycles. The van der Waals surface area contributed by atoms with Crippen LogP contribution in [0, 0.1) is 11.8 Å². The number of amides is 2. The van der Waals surface area contributed by atoms with Gasteiger partial charge in [0.15, 0.2) is 0 Å². The van der Waals surface area contributed by atoms with Crippen LogP contribution >= 0.6 is 0 Å². The number of aliphatic carboxylic acids is 1. The van der Waals surface area contributed by atoms with Gasteiger partial charge < -0.3 is 20.5 Å². The lowest BCUT2D eigenvalue weighted by Gasteiger charge is -2.24. The zero-order valence-electron chi connectivity index (χ0n) is 20.2. The maximum atomic E-state index is 12.6. The summed E-state index contributed by atoms with van der Waals surface area (Å²) in [6.07, 6.45) is -0.276. The Morgan fingerprint density at radius 1 is 0.912 bits per heavy atom. The molecule has 3 rings (SSSR count). The Hall–Kier alpha value is -3.35. The van der Waals surface area contributed by atoms with Crippen molar-refractivity contribution in [3.8, 4) is 11.1 Å². The van der Waals surface area contributed by atoms with E-state index in [1.54, 1.807) is 0 Å². The molecule has 7 nitrogen and oxygen atoms in total. The standard InChI is InChI=1S/C27H34N2O5/c1-16(2)13-24(26(31)32)28-25(30)14-23(17(3)4)29-27(33)34-15-22-20-11-7-5-9-18(20)19-10-6-8-12-21(19)22/h5-12,16-17,22-24H,13-15H2,1-4H3,(H,28,30)(H,29,33)(H,31,32)/t23-,24+/m1/s1. The van der Waals surface area contributed by atoms with E-state index in [-0.39, 0.29) is 30.8 Å². The third kappa shape index (κ3) is 6.16. The van der Waals surface area contributed by atoms with Gasteiger partial charge in [0.05, 0.1) is 0 Å². The molecule has 0 bridgehead atoms. The SMILES string of the molecule is CC(C)C[C@H](NC(=O)C[C@@H](NC(=O)OCC1c2ccccc2-c2ccccc21)C(C)C)C(=O)O. The van der Waals surface area contributed by atoms with Crippen molar-refractivity contribution in [1.82, 2.24) is 10.6 Å². The van der Waals surface area contributed by atoms with Gasteiger partial charge >= 0.3 is 12.1 Å². The number of fused-ring (bicyclic) bond motifs is 3. The largest absolute Gasteiger partial charge is 0.480 e. The third-order valence-corrected chi connectivity index (χ3v) is 6.20. The van der Waals surface area contributed by atoms with Gasteiger partial charge in [-0.1, -0.05) is 76.2 Å². The summed E-state index contributed by atoms with van der Waals surface area (Å²) in [5, 5.41) is 14.7. The van der Waals surface area contributed by atoms with Gasteiger partial charge in [0.1, 0.15) is 12.6 Å². The fraction of sp³-hybridized carbons (Fsp3) is 0.444. The van der Waals surface area contributed by atoms with Gasteiger partial charge in [-0.25, -0.2) is 9.59 Å². The normalized spacial score (nSPS) is 14.3. The highest BCUT2D eigenvalue weighted by Crippen LogP contribution is 2.44. The molecule has 0 fully saturated rings. The first kappa shape index (κ1) is 25.3. The van der Waals surface area contributed by atoms with Crippen LogP contribution in [0.15, 0.2) is 48.5 Å². The lowest BCUT2D eigenvalue weighted by Crippen LogP contribution is -2.46. The molecular weight excluding hydrogens is 432 g/mol. The molecule has 2 atom stereocenters. The van der Waals surface area contributed by atoms with Crippen LogP contribution in [0.5, 0.6) is 0 Å². The number of hydrogen-bond acceptors (Lipinski definition) is 4. The van der Waals surface area contributed by atoms with Gasteiger partial charge in [-0.05, 0) is 40.5 Å². The Kier molecular flexibility index (Phi) is 8.31. The molecule has 2 aromatic carbocycles. The number of carbonyl (C=O) groups excluding carboxylic acids is 2. The number of carboxylic acid groups (broad SMARTS) is 1. The minimum absolute atomic E-state index is 0.0241. The predicted molar refractivity (Wildman–Crippen MR) is 130 cm³/mol. The highest BCUT2D eigenvalue weighted by molar-refractivity contribution is 5.84. The van der Waals surface area contributed by atoms with E-state index in [0.717, 1.165) is 22.3 Å². The van der Waals surface area contributed by atoms with E-state index in [1.807, 2.05) is 52.0 Å². The molecule has 2 amide bonds. The first-order valence-corrected chi connectivity index (χ1v) is 11.8. The molecule has 34 heavy (non-hydrogen) atoms. The summed E-state index contributed by atoms with van der Waals surface area (Å²) >= 11 is 0. The molecule has 1 aliphatic rings. The molecule has 0 spiro atoms. The first-order chi connectivity index (χ1) is 16.2. The minimum Gasteiger partial charge on any atom is -0.480 e. The molecule has 0 saturated heterocycles. The van der Waals surface area contributed by atoms with Crippen molar-refractivity contribution >= 4 is 18.0 Å². The molecule has 0 saturated carbocycles. The summed E-state index contributed by atoms with van der Waals surface area (Å²) < 4.78 is 5.60. The average Bonchev–Trinajstić information content (AvgIpc) is 3.10. The quantitative estimate of drug-likeness (QED) is 0.476. The van der Waals surface area contributed by atoms with Crippen LogP contribution < -0.4 is 10.6 Å². The molecule has 0 aromatic heterocycles. The average molecular weight is 467 g/mol. The van der Waals surface area contributed by atoms with E-state index in [4.69, 9.17) is 4.74 Å². The molecule has 3 N–H and O–H groups in total. The van der Waals surface area contributed by atoms with Crippen molar-refractivity contribution in [2.45, 2.75) is 58.5 Å². The zero-order valence-corrected chi connectivity index (χ0v) is 20.2. The lowest BCUT2D eigenvalue weighted by molar-refractivity contribution is -0.142. The second-order valence-electron chi connectivity index (χ2n) is 9.61. The highest BCUT2D eigenvalue weighted by atomic mass is 16.5. The van der Waals surface area contributed by atoms with Crippen molar-refractivity contribution in [3.05, 3.63) is 59.7 Å². The minimum atomic E-state index is -1.06. The maximum absolute atomic E-state index is 12.6. The third-order valence-electron chi connectivity index (χ3n) is 6.20. The van der Waals surface area contributed by atoms with Crippen molar-refractivity contribution in [1.29, 1.82) is 0 Å². The molecule has 2 aromatic rings. The van der Waals surface area contributed by atoms with Crippen LogP contribution in [0.4, 0.5) is 4.79 Å². The van der Waals surface area contributed by atoms with Gasteiger partial charge in [-0.15, -0.1) is 0 Å². The smallest absolute Gasteiger partial charge is 0.407 e. The Balaban J connectivity index is 1.59. The molecular formula is C27H34N2O5. The summed E-state index contributed by atoms with van der Waals surface area (Å²) in [5.74, 6) is -1.44. The summed E-state index contributed by atoms with van der Waals surface area (Å²) in [6, 6.07) is 14.8. The monoisotopic (exact) mass is 466 g/mol. The van der Waals surface area contributed by atoms with Crippen molar-refractivity contribution < 1.29 is 24.2 Å². The van der Waals surface area contributed by atoms with Gasteiger partial charge in [0.2, 0.25) is 5.91 Å². The molecule has 7 heteroatoms. The van der Waals surface area contributed by atoms with Crippen LogP contribution in [-0.4, -0.2) is 41.8 Å². The van der Waals surface area contributed by atoms with Gasteiger partial charge in [0, 0.05) is 18.4 Å². The molecule has 182 valence electrons. The highest BCUT2D eigenvalue weighted by Gasteiger charge is 2.30. The number of carboxylic acids is 1. The number of ether oxygens (including phenoxy) is 1. The first-order valence-electron chi connectivity index (χ1n) is 11.8. The number of alkyl carbamates (subject to hydrolysis) is 1. The number of hydrogen-bond donors (Lipinski definition) is 3. The summed E-state index contributed by atoms with van der Waals surface area (Å²) in [7, 11) is 0. The van der Waals surface area contributed by atoms with Crippen LogP contribution in [-0.2, 0) is 14.3 Å². The van der Waals surface area contributed by atoms with E-state index in [1.165, 1.54) is 0 Å². The van der Waals surface area contributed by atoms with Gasteiger partial charge in [-0.3, -0.25) is 4.79 Å². The predicted octanol–water partition coefficient (Wildman–Crippen LogP) is 4.56. The number of benzene rings is 2. The van der Waals surface area contributed by atoms with E-state index in [0.29, 0.717) is 6.42 Å². The zero-order chi connectivity index (χ0) is 24.8. The fourth-order valence-corrected chi connectivity index (χ4v) is 4.39. The Morgan fingerprint density at radius 2 is 1.47 bits per heavy atom. The van der Waals surface area contributed by atoms with Crippen molar-refractivity contribution in [2.24, 2.45) is 11.8 Å². The second-order valence-corrected chi connectivity index (χ2v) is 9.61. The Morgan fingerprint density at radius 3 is 1.97 bits per heavy atom. The fourth-order valence-electron chi connectivity index (χ4n) is 4.39. The van der Waals surface area contributed by atoms with Crippen LogP contribution in [0.3, 0.4) is 0 Å². The number of nitrogens with one attached hydrogen (secondary N) is 2. The summed E-state index contributed by atoms with van der Waals surface area (Å²) in [4.78, 5) is 36.6. The van der Waals surface area contributed by atoms with E-state index >= 15 is 0 Å². The van der Waals surface area contributed by atoms with Crippen LogP contribution in [0.1, 0.15) is 57.6 Å². The topological polar surface area (TPSA) is 105 Å². The lowest BCUT2D eigenvalue weighted by atomic mass is 9.98. The molecule has 0 radical (unpaired) electrons. The van der Waals surface area contributed by atoms with E-state index < -0.39 is 30.1 Å². The van der Waals surface area contributed by atoms with Gasteiger partial charge in [0.25, 0.3) is 0 Å². The van der Waals surface area contributed by atoms with Crippen molar-refractivity contribution in [3.63, 3.8) is 0 Å². The second kappa shape index (κ2) is 11.2. The van der Waals surface area contributed by atoms with E-state index in [2.05, 4.69) is 34.9 Å². The van der Waals surface area contributed by atoms with E-state index in [9.17, 15) is 19.5 Å². The maximum Gasteiger partial charge on any atom is 0.407 e. The van der Waals surface area contributed by atoms with Crippen molar-refractivity contribution in [2.75, 3.05) is 6.61 Å². The Bertz CT molecular complexity index is 988. The van der Waals surface area contributed by atoms with Crippen LogP contribution in [0.25, 0.3) is 11.1 Å². The Labute approximate surface area is 200 Å². The molecule has 0 unspecified atom stereocenters. The summed E-state index contributed by atoms with van der Waals surface area (Å²) in [5.41, 5.74) is 4.55. The molecule has 1 aliphatic carbocycles. The van der Waals surface area contributed by atoms with Crippen LogP contribution in [0.2, 0.25) is 0 Å². The summed E-state index contributed by atoms with van der Waals surface area (Å²) in [6.45, 7) is 7.77. The number of carbonyl (C=O) groups is 3. The number of rotatable bonds is 10. The van der Waals surface area contributed by atoms with Gasteiger partial charge in [-0.2, -0.15) is 0 Å². The molecule has 0 aliphatic heterocycles.